The normalized spacial score (nSPS) is 15.4. The third-order valence-electron chi connectivity index (χ3n) is 2.97. The van der Waals surface area contributed by atoms with E-state index in [0.717, 1.165) is 33.7 Å². The second-order valence-electron chi connectivity index (χ2n) is 3.97. The SMILES string of the molecule is OC(c1cccc2c1NCC2)c1scnc1Br. The molecular formula is C12H11BrN2OS. The van der Waals surface area contributed by atoms with E-state index in [1.165, 1.54) is 16.9 Å². The molecule has 5 heteroatoms. The molecule has 88 valence electrons. The molecule has 1 aliphatic rings. The Labute approximate surface area is 112 Å². The molecule has 0 spiro atoms. The third kappa shape index (κ3) is 1.88. The van der Waals surface area contributed by atoms with Gasteiger partial charge in [0.15, 0.2) is 0 Å². The summed E-state index contributed by atoms with van der Waals surface area (Å²) in [6, 6.07) is 6.07. The minimum Gasteiger partial charge on any atom is -0.384 e. The van der Waals surface area contributed by atoms with E-state index in [2.05, 4.69) is 32.3 Å². The molecule has 0 amide bonds. The van der Waals surface area contributed by atoms with Gasteiger partial charge in [0.1, 0.15) is 10.7 Å². The Morgan fingerprint density at radius 1 is 1.47 bits per heavy atom. The maximum absolute atomic E-state index is 10.4. The first-order chi connectivity index (χ1) is 8.27. The molecule has 0 fully saturated rings. The third-order valence-corrected chi connectivity index (χ3v) is 4.75. The van der Waals surface area contributed by atoms with Crippen molar-refractivity contribution in [1.82, 2.24) is 4.98 Å². The first-order valence-electron chi connectivity index (χ1n) is 5.40. The van der Waals surface area contributed by atoms with Gasteiger partial charge in [0.25, 0.3) is 0 Å². The number of fused-ring (bicyclic) bond motifs is 1. The van der Waals surface area contributed by atoms with E-state index in [1.807, 2.05) is 12.1 Å². The number of aliphatic hydroxyl groups is 1. The molecule has 0 bridgehead atoms. The van der Waals surface area contributed by atoms with Crippen molar-refractivity contribution >= 4 is 33.0 Å². The maximum Gasteiger partial charge on any atom is 0.123 e. The highest BCUT2D eigenvalue weighted by molar-refractivity contribution is 9.10. The fraction of sp³-hybridized carbons (Fsp3) is 0.250. The Morgan fingerprint density at radius 2 is 2.35 bits per heavy atom. The summed E-state index contributed by atoms with van der Waals surface area (Å²) in [4.78, 5) is 4.97. The van der Waals surface area contributed by atoms with E-state index in [-0.39, 0.29) is 0 Å². The average Bonchev–Trinajstić information content (AvgIpc) is 2.95. The van der Waals surface area contributed by atoms with Crippen LogP contribution in [0.3, 0.4) is 0 Å². The summed E-state index contributed by atoms with van der Waals surface area (Å²) in [6.07, 6.45) is 0.414. The molecule has 0 saturated heterocycles. The molecule has 0 saturated carbocycles. The lowest BCUT2D eigenvalue weighted by atomic mass is 10.0. The van der Waals surface area contributed by atoms with Gasteiger partial charge in [-0.2, -0.15) is 0 Å². The zero-order valence-corrected chi connectivity index (χ0v) is 11.4. The minimum absolute atomic E-state index is 0.613. The largest absolute Gasteiger partial charge is 0.384 e. The number of nitrogens with one attached hydrogen (secondary N) is 1. The zero-order valence-electron chi connectivity index (χ0n) is 8.98. The number of halogens is 1. The molecule has 0 radical (unpaired) electrons. The van der Waals surface area contributed by atoms with Crippen LogP contribution in [0.5, 0.6) is 0 Å². The van der Waals surface area contributed by atoms with E-state index < -0.39 is 6.10 Å². The van der Waals surface area contributed by atoms with E-state index in [1.54, 1.807) is 5.51 Å². The second kappa shape index (κ2) is 4.40. The fourth-order valence-electron chi connectivity index (χ4n) is 2.15. The van der Waals surface area contributed by atoms with E-state index in [4.69, 9.17) is 0 Å². The van der Waals surface area contributed by atoms with Gasteiger partial charge in [-0.3, -0.25) is 0 Å². The number of thiazole rings is 1. The van der Waals surface area contributed by atoms with Crippen molar-refractivity contribution in [2.45, 2.75) is 12.5 Å². The van der Waals surface area contributed by atoms with Crippen LogP contribution in [-0.2, 0) is 6.42 Å². The molecule has 1 aromatic carbocycles. The van der Waals surface area contributed by atoms with Crippen LogP contribution in [-0.4, -0.2) is 16.6 Å². The van der Waals surface area contributed by atoms with Gasteiger partial charge in [-0.25, -0.2) is 4.98 Å². The van der Waals surface area contributed by atoms with Crippen molar-refractivity contribution in [3.05, 3.63) is 44.3 Å². The topological polar surface area (TPSA) is 45.1 Å². The smallest absolute Gasteiger partial charge is 0.123 e. The predicted molar refractivity (Wildman–Crippen MR) is 72.5 cm³/mol. The molecule has 2 aromatic rings. The Balaban J connectivity index is 2.05. The zero-order chi connectivity index (χ0) is 11.8. The minimum atomic E-state index is -0.613. The quantitative estimate of drug-likeness (QED) is 0.896. The summed E-state index contributed by atoms with van der Waals surface area (Å²) in [6.45, 7) is 0.947. The summed E-state index contributed by atoms with van der Waals surface area (Å²) in [5, 5.41) is 13.8. The number of anilines is 1. The van der Waals surface area contributed by atoms with Crippen molar-refractivity contribution in [3.63, 3.8) is 0 Å². The average molecular weight is 311 g/mol. The summed E-state index contributed by atoms with van der Waals surface area (Å²) in [5.41, 5.74) is 5.03. The van der Waals surface area contributed by atoms with Gasteiger partial charge in [-0.15, -0.1) is 11.3 Å². The second-order valence-corrected chi connectivity index (χ2v) is 5.61. The van der Waals surface area contributed by atoms with Crippen LogP contribution >= 0.6 is 27.3 Å². The Bertz CT molecular complexity index is 555. The molecule has 1 atom stereocenters. The number of hydrogen-bond acceptors (Lipinski definition) is 4. The Morgan fingerprint density at radius 3 is 3.12 bits per heavy atom. The van der Waals surface area contributed by atoms with Gasteiger partial charge >= 0.3 is 0 Å². The molecular weight excluding hydrogens is 300 g/mol. The van der Waals surface area contributed by atoms with Gasteiger partial charge in [0.2, 0.25) is 0 Å². The molecule has 2 heterocycles. The molecule has 3 nitrogen and oxygen atoms in total. The van der Waals surface area contributed by atoms with Crippen LogP contribution < -0.4 is 5.32 Å². The monoisotopic (exact) mass is 310 g/mol. The molecule has 0 aliphatic carbocycles. The van der Waals surface area contributed by atoms with Crippen LogP contribution in [0.25, 0.3) is 0 Å². The highest BCUT2D eigenvalue weighted by atomic mass is 79.9. The number of para-hydroxylation sites is 1. The highest BCUT2D eigenvalue weighted by Crippen LogP contribution is 2.37. The molecule has 2 N–H and O–H groups in total. The van der Waals surface area contributed by atoms with Crippen LogP contribution in [0.4, 0.5) is 5.69 Å². The van der Waals surface area contributed by atoms with E-state index in [0.29, 0.717) is 0 Å². The van der Waals surface area contributed by atoms with Crippen molar-refractivity contribution in [3.8, 4) is 0 Å². The summed E-state index contributed by atoms with van der Waals surface area (Å²) < 4.78 is 0.727. The number of benzene rings is 1. The molecule has 17 heavy (non-hydrogen) atoms. The summed E-state index contributed by atoms with van der Waals surface area (Å²) in [7, 11) is 0. The summed E-state index contributed by atoms with van der Waals surface area (Å²) >= 11 is 4.83. The lowest BCUT2D eigenvalue weighted by Gasteiger charge is -2.14. The number of aliphatic hydroxyl groups excluding tert-OH is 1. The molecule has 3 rings (SSSR count). The number of nitrogens with zero attached hydrogens (tertiary/aromatic N) is 1. The number of rotatable bonds is 2. The van der Waals surface area contributed by atoms with Crippen molar-refractivity contribution < 1.29 is 5.11 Å². The van der Waals surface area contributed by atoms with Crippen LogP contribution in [0, 0.1) is 0 Å². The van der Waals surface area contributed by atoms with Gasteiger partial charge in [0, 0.05) is 17.8 Å². The van der Waals surface area contributed by atoms with E-state index >= 15 is 0 Å². The van der Waals surface area contributed by atoms with Crippen LogP contribution in [0.15, 0.2) is 28.3 Å². The number of hydrogen-bond donors (Lipinski definition) is 2. The van der Waals surface area contributed by atoms with Gasteiger partial charge < -0.3 is 10.4 Å². The van der Waals surface area contributed by atoms with Crippen molar-refractivity contribution in [2.75, 3.05) is 11.9 Å². The Hall–Kier alpha value is -0.910. The highest BCUT2D eigenvalue weighted by Gasteiger charge is 2.22. The van der Waals surface area contributed by atoms with Gasteiger partial charge in [-0.05, 0) is 27.9 Å². The predicted octanol–water partition coefficient (Wildman–Crippen LogP) is 2.96. The van der Waals surface area contributed by atoms with Crippen LogP contribution in [0.2, 0.25) is 0 Å². The molecule has 1 unspecified atom stereocenters. The molecule has 1 aromatic heterocycles. The first kappa shape index (κ1) is 11.2. The first-order valence-corrected chi connectivity index (χ1v) is 7.07. The lowest BCUT2D eigenvalue weighted by molar-refractivity contribution is 0.224. The number of aromatic nitrogens is 1. The van der Waals surface area contributed by atoms with Gasteiger partial charge in [0.05, 0.1) is 10.4 Å². The van der Waals surface area contributed by atoms with Gasteiger partial charge in [-0.1, -0.05) is 18.2 Å². The van der Waals surface area contributed by atoms with E-state index in [9.17, 15) is 5.11 Å². The lowest BCUT2D eigenvalue weighted by Crippen LogP contribution is -2.03. The van der Waals surface area contributed by atoms with Crippen molar-refractivity contribution in [1.29, 1.82) is 0 Å². The van der Waals surface area contributed by atoms with Crippen LogP contribution in [0.1, 0.15) is 22.1 Å². The standard InChI is InChI=1S/C12H11BrN2OS/c13-12-11(17-6-15-12)10(16)8-3-1-2-7-4-5-14-9(7)8/h1-3,6,10,14,16H,4-5H2. The fourth-order valence-corrected chi connectivity index (χ4v) is 3.57. The Kier molecular flexibility index (Phi) is 2.90. The van der Waals surface area contributed by atoms with Crippen molar-refractivity contribution in [2.24, 2.45) is 0 Å². The summed E-state index contributed by atoms with van der Waals surface area (Å²) in [5.74, 6) is 0. The molecule has 1 aliphatic heterocycles. The maximum atomic E-state index is 10.4.